The van der Waals surface area contributed by atoms with Crippen LogP contribution in [0.3, 0.4) is 0 Å². The molecule has 0 atom stereocenters. The van der Waals surface area contributed by atoms with Crippen LogP contribution >= 0.6 is 0 Å². The maximum absolute atomic E-state index is 6.90. The van der Waals surface area contributed by atoms with Crippen LogP contribution in [0.15, 0.2) is 212 Å². The smallest absolute Gasteiger partial charge is 0.180 e. The molecule has 3 heteroatoms. The van der Waals surface area contributed by atoms with Gasteiger partial charge in [-0.05, 0) is 80.4 Å². The summed E-state index contributed by atoms with van der Waals surface area (Å²) in [6, 6.07) is 77.8. The second kappa shape index (κ2) is 12.1. The Kier molecular flexibility index (Phi) is 7.09. The molecule has 2 aliphatic heterocycles. The summed E-state index contributed by atoms with van der Waals surface area (Å²) in [5.74, 6) is 1.77. The third-order valence-electron chi connectivity index (χ3n) is 11.0. The molecule has 0 saturated heterocycles. The van der Waals surface area contributed by atoms with Gasteiger partial charge >= 0.3 is 0 Å². The predicted octanol–water partition coefficient (Wildman–Crippen LogP) is 9.34. The Morgan fingerprint density at radius 1 is 0.346 bits per heavy atom. The molecule has 0 saturated carbocycles. The monoisotopic (exact) mass is 681 g/mol. The van der Waals surface area contributed by atoms with Gasteiger partial charge in [0.15, 0.2) is 8.07 Å². The first-order valence-electron chi connectivity index (χ1n) is 17.9. The van der Waals surface area contributed by atoms with Crippen molar-refractivity contribution in [3.63, 3.8) is 0 Å². The van der Waals surface area contributed by atoms with Crippen molar-refractivity contribution < 1.29 is 4.74 Å². The molecule has 2 heterocycles. The molecule has 0 bridgehead atoms. The fourth-order valence-electron chi connectivity index (χ4n) is 9.08. The minimum atomic E-state index is -2.82. The van der Waals surface area contributed by atoms with Gasteiger partial charge in [0.25, 0.3) is 0 Å². The normalized spacial score (nSPS) is 14.2. The van der Waals surface area contributed by atoms with E-state index in [0.717, 1.165) is 39.7 Å². The van der Waals surface area contributed by atoms with E-state index in [2.05, 4.69) is 217 Å². The molecule has 2 nitrogen and oxygen atoms in total. The summed E-state index contributed by atoms with van der Waals surface area (Å²) < 4.78 is 6.90. The predicted molar refractivity (Wildman–Crippen MR) is 217 cm³/mol. The average Bonchev–Trinajstić information content (AvgIpc) is 3.23. The van der Waals surface area contributed by atoms with Crippen LogP contribution in [0, 0.1) is 0 Å². The molecule has 0 fully saturated rings. The number of hydrogen-bond acceptors (Lipinski definition) is 2. The molecule has 0 amide bonds. The highest BCUT2D eigenvalue weighted by molar-refractivity contribution is 7.20. The van der Waals surface area contributed by atoms with Crippen LogP contribution in [-0.4, -0.2) is 8.07 Å². The Hall–Kier alpha value is -6.42. The molecule has 0 radical (unpaired) electrons. The molecule has 0 unspecified atom stereocenters. The molecular formula is C49H35NOSi. The maximum atomic E-state index is 6.90. The lowest BCUT2D eigenvalue weighted by molar-refractivity contribution is 0.435. The summed E-state index contributed by atoms with van der Waals surface area (Å²) >= 11 is 0. The maximum Gasteiger partial charge on any atom is 0.180 e. The lowest BCUT2D eigenvalue weighted by atomic mass is 9.63. The SMILES string of the molecule is c1ccc(N(c2ccccc2)c2ccc3c(c2)C2(c4ccccc4O3)c3ccccc3[Si](c3ccccc3)(c3ccccc3)c3ccccc32)cc1. The second-order valence-electron chi connectivity index (χ2n) is 13.6. The number of anilines is 3. The Morgan fingerprint density at radius 3 is 1.31 bits per heavy atom. The second-order valence-corrected chi connectivity index (χ2v) is 17.3. The van der Waals surface area contributed by atoms with E-state index in [9.17, 15) is 0 Å². The van der Waals surface area contributed by atoms with E-state index >= 15 is 0 Å². The lowest BCUT2D eigenvalue weighted by Crippen LogP contribution is -2.79. The first kappa shape index (κ1) is 30.4. The van der Waals surface area contributed by atoms with Crippen molar-refractivity contribution in [3.8, 4) is 11.5 Å². The number of ether oxygens (including phenoxy) is 1. The van der Waals surface area contributed by atoms with E-state index in [0.29, 0.717) is 0 Å². The lowest BCUT2D eigenvalue weighted by Gasteiger charge is -2.51. The van der Waals surface area contributed by atoms with Gasteiger partial charge in [-0.3, -0.25) is 0 Å². The molecule has 2 aliphatic rings. The van der Waals surface area contributed by atoms with E-state index in [1.807, 2.05) is 0 Å². The molecule has 8 aromatic rings. The highest BCUT2D eigenvalue weighted by Gasteiger charge is 2.57. The fourth-order valence-corrected chi connectivity index (χ4v) is 14.4. The van der Waals surface area contributed by atoms with Crippen LogP contribution in [0.5, 0.6) is 11.5 Å². The molecule has 0 N–H and O–H groups in total. The Morgan fingerprint density at radius 2 is 0.769 bits per heavy atom. The van der Waals surface area contributed by atoms with Gasteiger partial charge in [-0.2, -0.15) is 0 Å². The first-order chi connectivity index (χ1) is 25.8. The van der Waals surface area contributed by atoms with Crippen LogP contribution in [0.4, 0.5) is 17.1 Å². The topological polar surface area (TPSA) is 12.5 Å². The van der Waals surface area contributed by atoms with Crippen molar-refractivity contribution in [2.24, 2.45) is 0 Å². The fraction of sp³-hybridized carbons (Fsp3) is 0.0204. The molecule has 8 aromatic carbocycles. The van der Waals surface area contributed by atoms with Gasteiger partial charge in [0.2, 0.25) is 0 Å². The zero-order valence-corrected chi connectivity index (χ0v) is 29.6. The molecule has 52 heavy (non-hydrogen) atoms. The highest BCUT2D eigenvalue weighted by atomic mass is 28.3. The largest absolute Gasteiger partial charge is 0.457 e. The summed E-state index contributed by atoms with van der Waals surface area (Å²) in [6.45, 7) is 0. The van der Waals surface area contributed by atoms with Crippen molar-refractivity contribution in [1.82, 2.24) is 0 Å². The van der Waals surface area contributed by atoms with Gasteiger partial charge < -0.3 is 9.64 Å². The number of benzene rings is 8. The van der Waals surface area contributed by atoms with Gasteiger partial charge in [-0.15, -0.1) is 0 Å². The standard InChI is InChI=1S/C49H35NOSi/c1-5-19-36(20-6-1)50(37-21-7-2-8-22-37)38-33-34-46-44(35-38)49(41-27-13-16-30-45(41)51-46)42-28-14-17-31-47(42)52(39-23-9-3-10-24-39,40-25-11-4-12-26-40)48-32-18-15-29-43(48)49/h1-35H. The number of nitrogens with zero attached hydrogens (tertiary/aromatic N) is 1. The van der Waals surface area contributed by atoms with Gasteiger partial charge in [-0.1, -0.05) is 164 Å². The highest BCUT2D eigenvalue weighted by Crippen LogP contribution is 2.57. The Balaban J connectivity index is 1.35. The van der Waals surface area contributed by atoms with Gasteiger partial charge in [0.05, 0.1) is 5.41 Å². The quantitative estimate of drug-likeness (QED) is 0.168. The average molecular weight is 682 g/mol. The summed E-state index contributed by atoms with van der Waals surface area (Å²) in [5, 5.41) is 5.57. The van der Waals surface area contributed by atoms with E-state index in [-0.39, 0.29) is 0 Å². The van der Waals surface area contributed by atoms with Crippen molar-refractivity contribution in [2.45, 2.75) is 5.41 Å². The number of para-hydroxylation sites is 3. The van der Waals surface area contributed by atoms with Crippen molar-refractivity contribution in [3.05, 3.63) is 235 Å². The summed E-state index contributed by atoms with van der Waals surface area (Å²) in [6.07, 6.45) is 0. The summed E-state index contributed by atoms with van der Waals surface area (Å²) in [4.78, 5) is 2.35. The van der Waals surface area contributed by atoms with Crippen LogP contribution in [-0.2, 0) is 5.41 Å². The van der Waals surface area contributed by atoms with E-state index in [4.69, 9.17) is 4.74 Å². The van der Waals surface area contributed by atoms with Crippen molar-refractivity contribution in [2.75, 3.05) is 4.90 Å². The minimum absolute atomic E-state index is 0.646. The van der Waals surface area contributed by atoms with Crippen LogP contribution < -0.4 is 30.4 Å². The summed E-state index contributed by atoms with van der Waals surface area (Å²) in [7, 11) is -2.82. The van der Waals surface area contributed by atoms with Crippen LogP contribution in [0.1, 0.15) is 22.3 Å². The third kappa shape index (κ3) is 4.30. The van der Waals surface area contributed by atoms with E-state index < -0.39 is 13.5 Å². The van der Waals surface area contributed by atoms with Crippen LogP contribution in [0.25, 0.3) is 0 Å². The van der Waals surface area contributed by atoms with E-state index in [1.54, 1.807) is 0 Å². The first-order valence-corrected chi connectivity index (χ1v) is 19.9. The molecule has 246 valence electrons. The van der Waals surface area contributed by atoms with E-state index in [1.165, 1.54) is 31.9 Å². The van der Waals surface area contributed by atoms with Gasteiger partial charge in [-0.25, -0.2) is 0 Å². The van der Waals surface area contributed by atoms with Gasteiger partial charge in [0, 0.05) is 28.2 Å². The molecule has 1 spiro atoms. The Bertz CT molecular complexity index is 2420. The zero-order valence-electron chi connectivity index (χ0n) is 28.6. The van der Waals surface area contributed by atoms with Crippen molar-refractivity contribution >= 4 is 45.9 Å². The number of hydrogen-bond donors (Lipinski definition) is 0. The minimum Gasteiger partial charge on any atom is -0.457 e. The third-order valence-corrected chi connectivity index (χ3v) is 15.9. The number of fused-ring (bicyclic) bond motifs is 8. The summed E-state index contributed by atoms with van der Waals surface area (Å²) in [5.41, 5.74) is 7.56. The molecular weight excluding hydrogens is 647 g/mol. The zero-order chi connectivity index (χ0) is 34.5. The Labute approximate surface area is 305 Å². The van der Waals surface area contributed by atoms with Crippen LogP contribution in [0.2, 0.25) is 0 Å². The molecule has 0 aliphatic carbocycles. The molecule has 0 aromatic heterocycles. The van der Waals surface area contributed by atoms with Crippen molar-refractivity contribution in [1.29, 1.82) is 0 Å². The van der Waals surface area contributed by atoms with Gasteiger partial charge in [0.1, 0.15) is 11.5 Å². The number of rotatable bonds is 5. The molecule has 10 rings (SSSR count).